The van der Waals surface area contributed by atoms with Crippen LogP contribution < -0.4 is 15.7 Å². The van der Waals surface area contributed by atoms with Gasteiger partial charge in [-0.2, -0.15) is 0 Å². The number of rotatable bonds is 5. The quantitative estimate of drug-likeness (QED) is 0.800. The van der Waals surface area contributed by atoms with E-state index in [2.05, 4.69) is 20.9 Å². The Hall–Kier alpha value is -3.13. The van der Waals surface area contributed by atoms with E-state index in [4.69, 9.17) is 4.74 Å². The van der Waals surface area contributed by atoms with Crippen LogP contribution in [0.3, 0.4) is 0 Å². The third-order valence-corrected chi connectivity index (χ3v) is 5.32. The summed E-state index contributed by atoms with van der Waals surface area (Å²) in [6.45, 7) is 5.60. The summed E-state index contributed by atoms with van der Waals surface area (Å²) in [5.74, 6) is 0.776. The summed E-state index contributed by atoms with van der Waals surface area (Å²) >= 11 is 0. The van der Waals surface area contributed by atoms with Gasteiger partial charge in [-0.15, -0.1) is 5.53 Å². The summed E-state index contributed by atoms with van der Waals surface area (Å²) in [6.07, 6.45) is 5.03. The van der Waals surface area contributed by atoms with Crippen molar-refractivity contribution in [2.75, 3.05) is 20.2 Å². The second-order valence-electron chi connectivity index (χ2n) is 7.30. The zero-order chi connectivity index (χ0) is 20.4. The first kappa shape index (κ1) is 19.2. The van der Waals surface area contributed by atoms with Crippen LogP contribution in [0.1, 0.15) is 35.7 Å². The third-order valence-electron chi connectivity index (χ3n) is 5.32. The molecule has 0 bridgehead atoms. The number of carbonyl (C=O) groups is 1. The fourth-order valence-electron chi connectivity index (χ4n) is 3.55. The molecule has 4 rings (SSSR count). The maximum atomic E-state index is 11.9. The maximum Gasteiger partial charge on any atom is 0.222 e. The number of amides is 1. The van der Waals surface area contributed by atoms with E-state index in [0.29, 0.717) is 25.5 Å². The molecular formula is C21H26N6O2. The minimum Gasteiger partial charge on any atom is -0.471 e. The highest BCUT2D eigenvalue weighted by atomic mass is 16.5. The number of nitrogens with zero attached hydrogens (tertiary/aromatic N) is 4. The fraction of sp³-hybridized carbons (Fsp3) is 0.381. The van der Waals surface area contributed by atoms with E-state index in [0.717, 1.165) is 41.2 Å². The molecule has 0 unspecified atom stereocenters. The van der Waals surface area contributed by atoms with Crippen LogP contribution in [0, 0.1) is 6.92 Å². The number of aromatic nitrogens is 2. The SMILES string of the molecule is CCC(=O)N1CCc2cc(OCC3=C(c4ccc(C)nc4)NNN3C)ncc2C1. The van der Waals surface area contributed by atoms with Crippen LogP contribution in [0.2, 0.25) is 0 Å². The van der Waals surface area contributed by atoms with Crippen molar-refractivity contribution in [3.8, 4) is 5.88 Å². The molecule has 29 heavy (non-hydrogen) atoms. The van der Waals surface area contributed by atoms with Crippen molar-refractivity contribution in [3.63, 3.8) is 0 Å². The smallest absolute Gasteiger partial charge is 0.222 e. The number of likely N-dealkylation sites (N-methyl/N-ethyl adjacent to an activating group) is 1. The van der Waals surface area contributed by atoms with Crippen LogP contribution in [0.25, 0.3) is 5.70 Å². The summed E-state index contributed by atoms with van der Waals surface area (Å²) in [5, 5.41) is 1.89. The number of hydrazine groups is 2. The lowest BCUT2D eigenvalue weighted by atomic mass is 10.0. The Balaban J connectivity index is 1.48. The first-order valence-corrected chi connectivity index (χ1v) is 9.85. The highest BCUT2D eigenvalue weighted by Crippen LogP contribution is 2.24. The highest BCUT2D eigenvalue weighted by molar-refractivity contribution is 5.76. The molecule has 2 aromatic heterocycles. The molecule has 4 heterocycles. The van der Waals surface area contributed by atoms with Crippen molar-refractivity contribution in [2.24, 2.45) is 0 Å². The van der Waals surface area contributed by atoms with Crippen molar-refractivity contribution in [3.05, 3.63) is 58.7 Å². The normalized spacial score (nSPS) is 16.0. The van der Waals surface area contributed by atoms with Crippen LogP contribution in [0.15, 0.2) is 36.3 Å². The van der Waals surface area contributed by atoms with Crippen LogP contribution in [-0.2, 0) is 17.8 Å². The Morgan fingerprint density at radius 2 is 2.10 bits per heavy atom. The molecule has 2 aromatic rings. The molecule has 8 nitrogen and oxygen atoms in total. The van der Waals surface area contributed by atoms with Gasteiger partial charge in [-0.25, -0.2) is 4.98 Å². The molecule has 1 amide bonds. The molecule has 0 fully saturated rings. The molecule has 8 heteroatoms. The molecule has 0 aliphatic carbocycles. The number of fused-ring (bicyclic) bond motifs is 1. The van der Waals surface area contributed by atoms with Crippen LogP contribution in [-0.4, -0.2) is 46.0 Å². The standard InChI is InChI=1S/C21H26N6O2/c1-4-20(28)27-8-7-15-9-19(23-11-17(15)12-27)29-13-18-21(24-25-26(18)3)16-6-5-14(2)22-10-16/h5-6,9-11,24-25H,4,7-8,12-13H2,1-3H3. The van der Waals surface area contributed by atoms with Crippen molar-refractivity contribution < 1.29 is 9.53 Å². The minimum atomic E-state index is 0.185. The lowest BCUT2D eigenvalue weighted by Gasteiger charge is -2.28. The molecule has 2 N–H and O–H groups in total. The number of ether oxygens (including phenoxy) is 1. The van der Waals surface area contributed by atoms with E-state index in [1.165, 1.54) is 5.56 Å². The second kappa shape index (κ2) is 8.08. The van der Waals surface area contributed by atoms with Gasteiger partial charge >= 0.3 is 0 Å². The number of carbonyl (C=O) groups excluding carboxylic acids is 1. The first-order valence-electron chi connectivity index (χ1n) is 9.85. The van der Waals surface area contributed by atoms with Gasteiger partial charge in [0.2, 0.25) is 11.8 Å². The van der Waals surface area contributed by atoms with E-state index in [-0.39, 0.29) is 5.91 Å². The number of hydrogen-bond donors (Lipinski definition) is 2. The van der Waals surface area contributed by atoms with Gasteiger partial charge in [-0.05, 0) is 36.6 Å². The average molecular weight is 394 g/mol. The minimum absolute atomic E-state index is 0.185. The Bertz CT molecular complexity index is 941. The second-order valence-corrected chi connectivity index (χ2v) is 7.30. The Morgan fingerprint density at radius 3 is 2.86 bits per heavy atom. The molecule has 2 aliphatic heterocycles. The van der Waals surface area contributed by atoms with Gasteiger partial charge in [0.05, 0.1) is 11.4 Å². The summed E-state index contributed by atoms with van der Waals surface area (Å²) in [6, 6.07) is 6.01. The van der Waals surface area contributed by atoms with Gasteiger partial charge < -0.3 is 15.1 Å². The number of hydrogen-bond acceptors (Lipinski definition) is 7. The van der Waals surface area contributed by atoms with Crippen LogP contribution >= 0.6 is 0 Å². The maximum absolute atomic E-state index is 11.9. The van der Waals surface area contributed by atoms with E-state index in [1.54, 1.807) is 0 Å². The molecule has 0 atom stereocenters. The number of aryl methyl sites for hydroxylation is 1. The molecular weight excluding hydrogens is 368 g/mol. The Morgan fingerprint density at radius 1 is 1.24 bits per heavy atom. The first-order chi connectivity index (χ1) is 14.0. The zero-order valence-corrected chi connectivity index (χ0v) is 17.0. The lowest BCUT2D eigenvalue weighted by Crippen LogP contribution is -2.35. The molecule has 0 aromatic carbocycles. The molecule has 0 radical (unpaired) electrons. The Kier molecular flexibility index (Phi) is 5.35. The number of pyridine rings is 2. The zero-order valence-electron chi connectivity index (χ0n) is 17.0. The topological polar surface area (TPSA) is 82.6 Å². The van der Waals surface area contributed by atoms with Gasteiger partial charge in [-0.1, -0.05) is 6.92 Å². The monoisotopic (exact) mass is 394 g/mol. The average Bonchev–Trinajstić information content (AvgIpc) is 3.12. The third kappa shape index (κ3) is 4.02. The molecule has 0 saturated carbocycles. The Labute approximate surface area is 170 Å². The van der Waals surface area contributed by atoms with E-state index in [9.17, 15) is 4.79 Å². The van der Waals surface area contributed by atoms with E-state index < -0.39 is 0 Å². The van der Waals surface area contributed by atoms with Gasteiger partial charge in [0.15, 0.2) is 0 Å². The number of nitrogens with one attached hydrogen (secondary N) is 2. The molecule has 152 valence electrons. The van der Waals surface area contributed by atoms with E-state index in [1.807, 2.05) is 61.4 Å². The van der Waals surface area contributed by atoms with Gasteiger partial charge in [0.25, 0.3) is 0 Å². The van der Waals surface area contributed by atoms with Crippen molar-refractivity contribution in [1.82, 2.24) is 30.8 Å². The van der Waals surface area contributed by atoms with Crippen LogP contribution in [0.4, 0.5) is 0 Å². The van der Waals surface area contributed by atoms with E-state index >= 15 is 0 Å². The van der Waals surface area contributed by atoms with Crippen molar-refractivity contribution in [2.45, 2.75) is 33.2 Å². The highest BCUT2D eigenvalue weighted by Gasteiger charge is 2.23. The van der Waals surface area contributed by atoms with Crippen molar-refractivity contribution in [1.29, 1.82) is 0 Å². The predicted octanol–water partition coefficient (Wildman–Crippen LogP) is 1.78. The summed E-state index contributed by atoms with van der Waals surface area (Å²) < 4.78 is 6.01. The molecule has 0 saturated heterocycles. The molecule has 2 aliphatic rings. The van der Waals surface area contributed by atoms with Gasteiger partial charge in [-0.3, -0.25) is 14.8 Å². The van der Waals surface area contributed by atoms with Crippen molar-refractivity contribution >= 4 is 11.6 Å². The largest absolute Gasteiger partial charge is 0.471 e. The van der Waals surface area contributed by atoms with Gasteiger partial charge in [0, 0.05) is 56.3 Å². The van der Waals surface area contributed by atoms with Crippen LogP contribution in [0.5, 0.6) is 5.88 Å². The predicted molar refractivity (Wildman–Crippen MR) is 109 cm³/mol. The summed E-state index contributed by atoms with van der Waals surface area (Å²) in [5.41, 5.74) is 12.4. The summed E-state index contributed by atoms with van der Waals surface area (Å²) in [7, 11) is 1.93. The lowest BCUT2D eigenvalue weighted by molar-refractivity contribution is -0.131. The summed E-state index contributed by atoms with van der Waals surface area (Å²) in [4.78, 5) is 22.7. The fourth-order valence-corrected chi connectivity index (χ4v) is 3.55. The molecule has 0 spiro atoms. The van der Waals surface area contributed by atoms with Gasteiger partial charge in [0.1, 0.15) is 6.61 Å².